The van der Waals surface area contributed by atoms with Crippen molar-refractivity contribution in [2.24, 2.45) is 11.7 Å². The highest BCUT2D eigenvalue weighted by Crippen LogP contribution is 2.36. The number of nitrogens with two attached hydrogens (primary N) is 1. The van der Waals surface area contributed by atoms with Crippen LogP contribution in [0, 0.1) is 5.92 Å². The molecule has 1 aromatic rings. The largest absolute Gasteiger partial charge is 0.493 e. The average molecular weight is 424 g/mol. The van der Waals surface area contributed by atoms with Gasteiger partial charge in [0, 0.05) is 19.8 Å². The van der Waals surface area contributed by atoms with Crippen molar-refractivity contribution in [3.8, 4) is 11.5 Å². The summed E-state index contributed by atoms with van der Waals surface area (Å²) < 4.78 is 16.7. The zero-order chi connectivity index (χ0) is 16.8. The Morgan fingerprint density at radius 3 is 2.62 bits per heavy atom. The van der Waals surface area contributed by atoms with E-state index in [2.05, 4.69) is 21.2 Å². The topological polar surface area (TPSA) is 82.8 Å². The van der Waals surface area contributed by atoms with Gasteiger partial charge in [-0.2, -0.15) is 0 Å². The normalized spacial score (nSPS) is 16.0. The molecule has 1 unspecified atom stereocenters. The molecule has 0 spiro atoms. The molecule has 1 saturated heterocycles. The van der Waals surface area contributed by atoms with Crippen molar-refractivity contribution < 1.29 is 19.0 Å². The highest BCUT2D eigenvalue weighted by molar-refractivity contribution is 9.10. The van der Waals surface area contributed by atoms with E-state index in [-0.39, 0.29) is 24.2 Å². The monoisotopic (exact) mass is 422 g/mol. The third kappa shape index (κ3) is 5.24. The van der Waals surface area contributed by atoms with Crippen LogP contribution in [0.1, 0.15) is 18.4 Å². The molecular weight excluding hydrogens is 400 g/mol. The molecule has 1 amide bonds. The first-order chi connectivity index (χ1) is 11.1. The average Bonchev–Trinajstić information content (AvgIpc) is 2.59. The summed E-state index contributed by atoms with van der Waals surface area (Å²) in [5.74, 6) is 1.28. The Morgan fingerprint density at radius 2 is 2.04 bits per heavy atom. The standard InChI is InChI=1S/C16H23BrN2O4.ClH/c1-21-13-8-10(7-12(17)15(13)22-2)9-19-16(20)14(18)11-3-5-23-6-4-11;/h7-8,11,14H,3-6,9,18H2,1-2H3,(H,19,20);1H. The Morgan fingerprint density at radius 1 is 1.38 bits per heavy atom. The molecule has 0 aliphatic carbocycles. The number of nitrogens with one attached hydrogen (secondary N) is 1. The first-order valence-electron chi connectivity index (χ1n) is 7.58. The van der Waals surface area contributed by atoms with Crippen molar-refractivity contribution in [1.82, 2.24) is 5.32 Å². The van der Waals surface area contributed by atoms with E-state index in [4.69, 9.17) is 19.9 Å². The van der Waals surface area contributed by atoms with E-state index < -0.39 is 6.04 Å². The number of hydrogen-bond donors (Lipinski definition) is 2. The van der Waals surface area contributed by atoms with Crippen molar-refractivity contribution in [1.29, 1.82) is 0 Å². The Kier molecular flexibility index (Phi) is 8.83. The summed E-state index contributed by atoms with van der Waals surface area (Å²) in [6, 6.07) is 3.23. The second kappa shape index (κ2) is 10.1. The minimum Gasteiger partial charge on any atom is -0.493 e. The van der Waals surface area contributed by atoms with Crippen LogP contribution in [0.5, 0.6) is 11.5 Å². The molecule has 0 radical (unpaired) electrons. The second-order valence-electron chi connectivity index (χ2n) is 5.51. The van der Waals surface area contributed by atoms with Crippen molar-refractivity contribution in [3.63, 3.8) is 0 Å². The first kappa shape index (κ1) is 21.0. The van der Waals surface area contributed by atoms with E-state index in [0.29, 0.717) is 31.3 Å². The lowest BCUT2D eigenvalue weighted by molar-refractivity contribution is -0.124. The van der Waals surface area contributed by atoms with Gasteiger partial charge in [-0.1, -0.05) is 0 Å². The zero-order valence-electron chi connectivity index (χ0n) is 13.8. The molecule has 0 bridgehead atoms. The van der Waals surface area contributed by atoms with Gasteiger partial charge in [-0.05, 0) is 52.4 Å². The fourth-order valence-corrected chi connectivity index (χ4v) is 3.32. The molecule has 1 aliphatic heterocycles. The highest BCUT2D eigenvalue weighted by atomic mass is 79.9. The lowest BCUT2D eigenvalue weighted by Gasteiger charge is -2.26. The number of carbonyl (C=O) groups is 1. The predicted octanol–water partition coefficient (Wildman–Crippen LogP) is 2.26. The Labute approximate surface area is 156 Å². The number of amides is 1. The van der Waals surface area contributed by atoms with Crippen molar-refractivity contribution >= 4 is 34.2 Å². The summed E-state index contributed by atoms with van der Waals surface area (Å²) in [7, 11) is 3.16. The number of ether oxygens (including phenoxy) is 3. The van der Waals surface area contributed by atoms with Gasteiger partial charge in [-0.25, -0.2) is 0 Å². The predicted molar refractivity (Wildman–Crippen MR) is 97.9 cm³/mol. The number of rotatable bonds is 6. The van der Waals surface area contributed by atoms with Gasteiger partial charge in [0.1, 0.15) is 0 Å². The van der Waals surface area contributed by atoms with Gasteiger partial charge in [-0.15, -0.1) is 12.4 Å². The SMILES string of the molecule is COc1cc(CNC(=O)C(N)C2CCOCC2)cc(Br)c1OC.Cl. The summed E-state index contributed by atoms with van der Waals surface area (Å²) in [6.45, 7) is 1.73. The Hall–Kier alpha value is -1.02. The molecule has 0 aromatic heterocycles. The highest BCUT2D eigenvalue weighted by Gasteiger charge is 2.26. The Balaban J connectivity index is 0.00000288. The number of halogens is 2. The van der Waals surface area contributed by atoms with Gasteiger partial charge in [-0.3, -0.25) is 4.79 Å². The maximum absolute atomic E-state index is 12.2. The fraction of sp³-hybridized carbons (Fsp3) is 0.562. The summed E-state index contributed by atoms with van der Waals surface area (Å²) in [5.41, 5.74) is 6.97. The van der Waals surface area contributed by atoms with Crippen LogP contribution in [0.2, 0.25) is 0 Å². The minimum atomic E-state index is -0.498. The van der Waals surface area contributed by atoms with E-state index in [1.807, 2.05) is 12.1 Å². The van der Waals surface area contributed by atoms with Crippen LogP contribution in [0.25, 0.3) is 0 Å². The van der Waals surface area contributed by atoms with E-state index in [9.17, 15) is 4.79 Å². The van der Waals surface area contributed by atoms with Crippen LogP contribution in [0.15, 0.2) is 16.6 Å². The Bertz CT molecular complexity index is 553. The maximum Gasteiger partial charge on any atom is 0.237 e. The van der Waals surface area contributed by atoms with Gasteiger partial charge < -0.3 is 25.3 Å². The molecule has 8 heteroatoms. The molecule has 136 valence electrons. The molecule has 0 saturated carbocycles. The van der Waals surface area contributed by atoms with Crippen LogP contribution in [-0.4, -0.2) is 39.4 Å². The van der Waals surface area contributed by atoms with Gasteiger partial charge in [0.15, 0.2) is 11.5 Å². The molecule has 3 N–H and O–H groups in total. The van der Waals surface area contributed by atoms with E-state index >= 15 is 0 Å². The quantitative estimate of drug-likeness (QED) is 0.733. The van der Waals surface area contributed by atoms with E-state index in [0.717, 1.165) is 22.9 Å². The molecule has 2 rings (SSSR count). The summed E-state index contributed by atoms with van der Waals surface area (Å²) in [4.78, 5) is 12.2. The number of hydrogen-bond acceptors (Lipinski definition) is 5. The molecular formula is C16H24BrClN2O4. The van der Waals surface area contributed by atoms with Crippen LogP contribution in [-0.2, 0) is 16.1 Å². The fourth-order valence-electron chi connectivity index (χ4n) is 2.67. The lowest BCUT2D eigenvalue weighted by Crippen LogP contribution is -2.46. The van der Waals surface area contributed by atoms with Crippen LogP contribution >= 0.6 is 28.3 Å². The molecule has 1 atom stereocenters. The van der Waals surface area contributed by atoms with Gasteiger partial charge in [0.05, 0.1) is 24.7 Å². The third-order valence-electron chi connectivity index (χ3n) is 4.04. The first-order valence-corrected chi connectivity index (χ1v) is 8.37. The number of methoxy groups -OCH3 is 2. The van der Waals surface area contributed by atoms with Crippen LogP contribution in [0.3, 0.4) is 0 Å². The summed E-state index contributed by atoms with van der Waals surface area (Å²) in [5, 5.41) is 2.89. The van der Waals surface area contributed by atoms with E-state index in [1.54, 1.807) is 14.2 Å². The maximum atomic E-state index is 12.2. The molecule has 1 fully saturated rings. The van der Waals surface area contributed by atoms with E-state index in [1.165, 1.54) is 0 Å². The molecule has 1 aromatic carbocycles. The molecule has 1 heterocycles. The minimum absolute atomic E-state index is 0. The molecule has 1 aliphatic rings. The smallest absolute Gasteiger partial charge is 0.237 e. The van der Waals surface area contributed by atoms with Gasteiger partial charge in [0.25, 0.3) is 0 Å². The molecule has 6 nitrogen and oxygen atoms in total. The second-order valence-corrected chi connectivity index (χ2v) is 6.36. The van der Waals surface area contributed by atoms with Gasteiger partial charge in [0.2, 0.25) is 5.91 Å². The van der Waals surface area contributed by atoms with Crippen molar-refractivity contribution in [3.05, 3.63) is 22.2 Å². The van der Waals surface area contributed by atoms with Gasteiger partial charge >= 0.3 is 0 Å². The zero-order valence-corrected chi connectivity index (χ0v) is 16.2. The van der Waals surface area contributed by atoms with Crippen LogP contribution in [0.4, 0.5) is 0 Å². The summed E-state index contributed by atoms with van der Waals surface area (Å²) in [6.07, 6.45) is 1.66. The van der Waals surface area contributed by atoms with Crippen molar-refractivity contribution in [2.45, 2.75) is 25.4 Å². The lowest BCUT2D eigenvalue weighted by atomic mass is 9.92. The summed E-state index contributed by atoms with van der Waals surface area (Å²) >= 11 is 3.44. The van der Waals surface area contributed by atoms with Crippen LogP contribution < -0.4 is 20.5 Å². The third-order valence-corrected chi connectivity index (χ3v) is 4.63. The molecule has 24 heavy (non-hydrogen) atoms. The number of benzene rings is 1. The number of carbonyl (C=O) groups excluding carboxylic acids is 1. The van der Waals surface area contributed by atoms with Crippen molar-refractivity contribution in [2.75, 3.05) is 27.4 Å².